The molecule has 0 unspecified atom stereocenters. The normalized spacial score (nSPS) is 8.20. The van der Waals surface area contributed by atoms with Gasteiger partial charge >= 0.3 is 0 Å². The van der Waals surface area contributed by atoms with Crippen LogP contribution in [0.4, 0.5) is 0 Å². The quantitative estimate of drug-likeness (QED) is 0.400. The molecule has 10 heavy (non-hydrogen) atoms. The Kier molecular flexibility index (Phi) is 7.41. The summed E-state index contributed by atoms with van der Waals surface area (Å²) < 4.78 is 0. The molecular formula is C10H14. The molecule has 0 aromatic rings. The van der Waals surface area contributed by atoms with Gasteiger partial charge in [-0.2, -0.15) is 0 Å². The van der Waals surface area contributed by atoms with E-state index in [0.29, 0.717) is 0 Å². The lowest BCUT2D eigenvalue weighted by molar-refractivity contribution is 0.661. The van der Waals surface area contributed by atoms with Gasteiger partial charge in [-0.25, -0.2) is 0 Å². The van der Waals surface area contributed by atoms with Crippen molar-refractivity contribution in [2.75, 3.05) is 0 Å². The summed E-state index contributed by atoms with van der Waals surface area (Å²) in [4.78, 5) is 0. The van der Waals surface area contributed by atoms with Crippen molar-refractivity contribution in [3.8, 4) is 24.7 Å². The van der Waals surface area contributed by atoms with Crippen LogP contribution in [0.1, 0.15) is 38.5 Å². The Balaban J connectivity index is 2.80. The molecule has 0 radical (unpaired) electrons. The highest BCUT2D eigenvalue weighted by Crippen LogP contribution is 2.03. The van der Waals surface area contributed by atoms with E-state index in [9.17, 15) is 0 Å². The predicted molar refractivity (Wildman–Crippen MR) is 45.4 cm³/mol. The van der Waals surface area contributed by atoms with Crippen LogP contribution in [0.25, 0.3) is 0 Å². The molecule has 0 aromatic heterocycles. The molecule has 0 aliphatic carbocycles. The van der Waals surface area contributed by atoms with Gasteiger partial charge in [-0.1, -0.05) is 12.8 Å². The molecule has 0 saturated carbocycles. The molecule has 0 rings (SSSR count). The van der Waals surface area contributed by atoms with Crippen LogP contribution in [0.15, 0.2) is 0 Å². The molecule has 0 fully saturated rings. The number of rotatable bonds is 5. The van der Waals surface area contributed by atoms with Crippen molar-refractivity contribution in [3.05, 3.63) is 0 Å². The third-order valence-electron chi connectivity index (χ3n) is 1.39. The zero-order valence-electron chi connectivity index (χ0n) is 6.40. The fraction of sp³-hybridized carbons (Fsp3) is 0.600. The van der Waals surface area contributed by atoms with Crippen molar-refractivity contribution in [1.29, 1.82) is 0 Å². The van der Waals surface area contributed by atoms with Crippen LogP contribution in [-0.2, 0) is 0 Å². The molecule has 0 amide bonds. The van der Waals surface area contributed by atoms with E-state index in [1.165, 1.54) is 12.8 Å². The molecular weight excluding hydrogens is 120 g/mol. The van der Waals surface area contributed by atoms with E-state index in [0.717, 1.165) is 25.7 Å². The summed E-state index contributed by atoms with van der Waals surface area (Å²) in [5, 5.41) is 0. The molecule has 0 heteroatoms. The molecule has 54 valence electrons. The maximum Gasteiger partial charge on any atom is 0.00860 e. The van der Waals surface area contributed by atoms with Gasteiger partial charge in [0.15, 0.2) is 0 Å². The molecule has 0 heterocycles. The van der Waals surface area contributed by atoms with Crippen LogP contribution in [-0.4, -0.2) is 0 Å². The van der Waals surface area contributed by atoms with Crippen molar-refractivity contribution in [1.82, 2.24) is 0 Å². The minimum Gasteiger partial charge on any atom is -0.120 e. The van der Waals surface area contributed by atoms with Crippen molar-refractivity contribution in [2.45, 2.75) is 38.5 Å². The Labute approximate surface area is 64.0 Å². The smallest absolute Gasteiger partial charge is 0.00860 e. The fourth-order valence-corrected chi connectivity index (χ4v) is 0.808. The van der Waals surface area contributed by atoms with Gasteiger partial charge in [0.2, 0.25) is 0 Å². The van der Waals surface area contributed by atoms with Crippen molar-refractivity contribution >= 4 is 0 Å². The lowest BCUT2D eigenvalue weighted by Crippen LogP contribution is -1.76. The first-order valence-corrected chi connectivity index (χ1v) is 3.78. The fourth-order valence-electron chi connectivity index (χ4n) is 0.808. The van der Waals surface area contributed by atoms with E-state index in [2.05, 4.69) is 11.8 Å². The van der Waals surface area contributed by atoms with E-state index in [-0.39, 0.29) is 0 Å². The Hall–Kier alpha value is -0.880. The third-order valence-corrected chi connectivity index (χ3v) is 1.39. The van der Waals surface area contributed by atoms with Gasteiger partial charge < -0.3 is 0 Å². The van der Waals surface area contributed by atoms with E-state index < -0.39 is 0 Å². The van der Waals surface area contributed by atoms with E-state index in [4.69, 9.17) is 12.8 Å². The SMILES string of the molecule is C#CCCCCCCC#C. The second-order valence-corrected chi connectivity index (χ2v) is 2.32. The minimum absolute atomic E-state index is 0.913. The summed E-state index contributed by atoms with van der Waals surface area (Å²) in [6.07, 6.45) is 16.8. The summed E-state index contributed by atoms with van der Waals surface area (Å²) in [5.74, 6) is 5.24. The van der Waals surface area contributed by atoms with Gasteiger partial charge in [-0.3, -0.25) is 0 Å². The maximum atomic E-state index is 5.09. The topological polar surface area (TPSA) is 0 Å². The molecule has 0 aliphatic rings. The number of terminal acetylenes is 2. The van der Waals surface area contributed by atoms with Gasteiger partial charge in [0.05, 0.1) is 0 Å². The van der Waals surface area contributed by atoms with E-state index >= 15 is 0 Å². The number of hydrogen-bond donors (Lipinski definition) is 0. The van der Waals surface area contributed by atoms with Crippen LogP contribution < -0.4 is 0 Å². The predicted octanol–water partition coefficient (Wildman–Crippen LogP) is 2.59. The van der Waals surface area contributed by atoms with Crippen molar-refractivity contribution in [2.24, 2.45) is 0 Å². The second kappa shape index (κ2) is 8.12. The lowest BCUT2D eigenvalue weighted by atomic mass is 10.1. The largest absolute Gasteiger partial charge is 0.120 e. The van der Waals surface area contributed by atoms with Crippen molar-refractivity contribution in [3.63, 3.8) is 0 Å². The Morgan fingerprint density at radius 3 is 1.40 bits per heavy atom. The first kappa shape index (κ1) is 9.12. The van der Waals surface area contributed by atoms with Gasteiger partial charge in [0.1, 0.15) is 0 Å². The Bertz CT molecular complexity index is 113. The molecule has 0 aliphatic heterocycles. The lowest BCUT2D eigenvalue weighted by Gasteiger charge is -1.93. The zero-order valence-corrected chi connectivity index (χ0v) is 6.40. The summed E-state index contributed by atoms with van der Waals surface area (Å²) in [5.41, 5.74) is 0. The highest BCUT2D eigenvalue weighted by molar-refractivity contribution is 4.84. The highest BCUT2D eigenvalue weighted by Gasteiger charge is 1.85. The average molecular weight is 134 g/mol. The molecule has 0 bridgehead atoms. The van der Waals surface area contributed by atoms with Crippen LogP contribution in [0.5, 0.6) is 0 Å². The van der Waals surface area contributed by atoms with Crippen LogP contribution >= 0.6 is 0 Å². The first-order chi connectivity index (χ1) is 4.91. The number of hydrogen-bond acceptors (Lipinski definition) is 0. The van der Waals surface area contributed by atoms with Crippen LogP contribution in [0.3, 0.4) is 0 Å². The summed E-state index contributed by atoms with van der Waals surface area (Å²) in [6.45, 7) is 0. The molecule has 0 nitrogen and oxygen atoms in total. The monoisotopic (exact) mass is 134 g/mol. The zero-order chi connectivity index (χ0) is 7.66. The van der Waals surface area contributed by atoms with Gasteiger partial charge in [-0.15, -0.1) is 24.7 Å². The molecule has 0 N–H and O–H groups in total. The third kappa shape index (κ3) is 7.12. The van der Waals surface area contributed by atoms with Crippen LogP contribution in [0, 0.1) is 24.7 Å². The highest BCUT2D eigenvalue weighted by atomic mass is 13.9. The Morgan fingerprint density at radius 2 is 1.10 bits per heavy atom. The number of unbranched alkanes of at least 4 members (excludes halogenated alkanes) is 5. The average Bonchev–Trinajstić information content (AvgIpc) is 1.97. The molecule has 0 aromatic carbocycles. The molecule has 0 spiro atoms. The summed E-state index contributed by atoms with van der Waals surface area (Å²) in [6, 6.07) is 0. The van der Waals surface area contributed by atoms with Gasteiger partial charge in [-0.05, 0) is 12.8 Å². The first-order valence-electron chi connectivity index (χ1n) is 3.78. The van der Waals surface area contributed by atoms with Crippen LogP contribution in [0.2, 0.25) is 0 Å². The Morgan fingerprint density at radius 1 is 0.700 bits per heavy atom. The summed E-state index contributed by atoms with van der Waals surface area (Å²) in [7, 11) is 0. The van der Waals surface area contributed by atoms with Crippen molar-refractivity contribution < 1.29 is 0 Å². The standard InChI is InChI=1S/C10H14/c1-3-5-7-9-10-8-6-4-2/h1-2H,5-10H2. The van der Waals surface area contributed by atoms with E-state index in [1.807, 2.05) is 0 Å². The van der Waals surface area contributed by atoms with Gasteiger partial charge in [0.25, 0.3) is 0 Å². The minimum atomic E-state index is 0.913. The molecule has 0 saturated heterocycles. The van der Waals surface area contributed by atoms with Gasteiger partial charge in [0, 0.05) is 12.8 Å². The molecule has 0 atom stereocenters. The second-order valence-electron chi connectivity index (χ2n) is 2.32. The maximum absolute atomic E-state index is 5.09. The summed E-state index contributed by atoms with van der Waals surface area (Å²) >= 11 is 0. The van der Waals surface area contributed by atoms with E-state index in [1.54, 1.807) is 0 Å².